The molecule has 0 fully saturated rings. The second-order valence-corrected chi connectivity index (χ2v) is 16.8. The van der Waals surface area contributed by atoms with Crippen molar-refractivity contribution in [1.82, 2.24) is 10.0 Å². The normalized spacial score (nSPS) is 14.1. The Morgan fingerprint density at radius 2 is 1.65 bits per heavy atom. The van der Waals surface area contributed by atoms with Crippen LogP contribution in [0.15, 0.2) is 59.5 Å². The summed E-state index contributed by atoms with van der Waals surface area (Å²) in [6, 6.07) is 13.9. The number of methoxy groups -OCH3 is 1. The molecule has 0 aliphatic heterocycles. The molecule has 0 saturated heterocycles. The zero-order valence-corrected chi connectivity index (χ0v) is 24.1. The molecular weight excluding hydrogens is 514 g/mol. The minimum atomic E-state index is -4.51. The van der Waals surface area contributed by atoms with Gasteiger partial charge >= 0.3 is 5.97 Å². The third kappa shape index (κ3) is 7.92. The zero-order chi connectivity index (χ0) is 27.9. The average molecular weight is 552 g/mol. The number of sulfonamides is 1. The molecule has 0 aromatic heterocycles. The number of nitro benzene ring substituents is 1. The van der Waals surface area contributed by atoms with Crippen LogP contribution in [-0.2, 0) is 30.4 Å². The fourth-order valence-electron chi connectivity index (χ4n) is 3.50. The van der Waals surface area contributed by atoms with Gasteiger partial charge in [-0.1, -0.05) is 63.2 Å². The number of nitrogens with zero attached hydrogens (tertiary/aromatic N) is 1. The molecule has 12 heteroatoms. The lowest BCUT2D eigenvalue weighted by Crippen LogP contribution is -2.62. The van der Waals surface area contributed by atoms with Crippen molar-refractivity contribution in [3.8, 4) is 0 Å². The van der Waals surface area contributed by atoms with Gasteiger partial charge in [0.2, 0.25) is 10.0 Å². The maximum Gasteiger partial charge on any atom is 0.328 e. The van der Waals surface area contributed by atoms with Crippen LogP contribution in [0.25, 0.3) is 0 Å². The van der Waals surface area contributed by atoms with Crippen molar-refractivity contribution in [1.29, 1.82) is 0 Å². The van der Waals surface area contributed by atoms with Gasteiger partial charge in [0, 0.05) is 32.2 Å². The van der Waals surface area contributed by atoms with Crippen LogP contribution in [0.1, 0.15) is 26.3 Å². The van der Waals surface area contributed by atoms with Gasteiger partial charge in [-0.15, -0.1) is 0 Å². The summed E-state index contributed by atoms with van der Waals surface area (Å²) < 4.78 is 40.5. The first-order valence-electron chi connectivity index (χ1n) is 11.9. The minimum absolute atomic E-state index is 0.0239. The number of ether oxygens (including phenoxy) is 1. The summed E-state index contributed by atoms with van der Waals surface area (Å²) >= 11 is 0. The first kappa shape index (κ1) is 30.6. The predicted molar refractivity (Wildman–Crippen MR) is 144 cm³/mol. The van der Waals surface area contributed by atoms with Gasteiger partial charge in [-0.3, -0.25) is 10.1 Å². The van der Waals surface area contributed by atoms with E-state index in [0.717, 1.165) is 12.1 Å². The lowest BCUT2D eigenvalue weighted by molar-refractivity contribution is -0.387. The van der Waals surface area contributed by atoms with Crippen LogP contribution in [0.5, 0.6) is 0 Å². The molecule has 1 atom stereocenters. The van der Waals surface area contributed by atoms with E-state index in [2.05, 4.69) is 43.9 Å². The van der Waals surface area contributed by atoms with Crippen molar-refractivity contribution in [3.05, 3.63) is 70.3 Å². The number of nitro groups is 1. The second-order valence-electron chi connectivity index (χ2n) is 10.4. The monoisotopic (exact) mass is 551 g/mol. The fraction of sp³-hybridized carbons (Fsp3) is 0.480. The smallest absolute Gasteiger partial charge is 0.328 e. The summed E-state index contributed by atoms with van der Waals surface area (Å²) in [5.41, 5.74) is -1.70. The minimum Gasteiger partial charge on any atom is -0.468 e. The molecule has 0 radical (unpaired) electrons. The SMILES string of the molecule is COC(=O)C(CNCCO[Si](C)(C)C(C)(C)C)(Cc1ccccc1)NS(=O)(=O)c1ccccc1[N+](=O)[O-]. The Kier molecular flexibility index (Phi) is 10.1. The van der Waals surface area contributed by atoms with E-state index in [0.29, 0.717) is 18.7 Å². The number of carbonyl (C=O) groups is 1. The Hall–Kier alpha value is -2.64. The summed E-state index contributed by atoms with van der Waals surface area (Å²) in [7, 11) is -5.34. The molecule has 0 aliphatic rings. The van der Waals surface area contributed by atoms with E-state index in [1.165, 1.54) is 19.2 Å². The van der Waals surface area contributed by atoms with Gasteiger partial charge in [-0.25, -0.2) is 13.2 Å². The number of para-hydroxylation sites is 1. The molecule has 204 valence electrons. The molecule has 0 bridgehead atoms. The van der Waals surface area contributed by atoms with E-state index in [1.54, 1.807) is 30.3 Å². The van der Waals surface area contributed by atoms with E-state index in [4.69, 9.17) is 9.16 Å². The first-order valence-corrected chi connectivity index (χ1v) is 16.3. The van der Waals surface area contributed by atoms with E-state index in [1.807, 2.05) is 0 Å². The average Bonchev–Trinajstić information content (AvgIpc) is 2.82. The molecule has 2 aromatic carbocycles. The van der Waals surface area contributed by atoms with Gasteiger partial charge in [0.1, 0.15) is 5.54 Å². The van der Waals surface area contributed by atoms with Crippen LogP contribution < -0.4 is 10.0 Å². The largest absolute Gasteiger partial charge is 0.468 e. The number of carbonyl (C=O) groups excluding carboxylic acids is 1. The molecule has 2 aromatic rings. The van der Waals surface area contributed by atoms with E-state index < -0.39 is 45.4 Å². The Morgan fingerprint density at radius 3 is 2.22 bits per heavy atom. The Morgan fingerprint density at radius 1 is 1.05 bits per heavy atom. The third-order valence-electron chi connectivity index (χ3n) is 6.58. The van der Waals surface area contributed by atoms with Gasteiger partial charge in [0.05, 0.1) is 12.0 Å². The van der Waals surface area contributed by atoms with E-state index in [-0.39, 0.29) is 18.0 Å². The number of hydrogen-bond acceptors (Lipinski definition) is 8. The summed E-state index contributed by atoms with van der Waals surface area (Å²) in [5, 5.41) is 14.7. The quantitative estimate of drug-likeness (QED) is 0.127. The molecular formula is C25H37N3O7SSi. The highest BCUT2D eigenvalue weighted by atomic mass is 32.2. The highest BCUT2D eigenvalue weighted by Crippen LogP contribution is 2.36. The van der Waals surface area contributed by atoms with Gasteiger partial charge in [0.15, 0.2) is 13.2 Å². The first-order chi connectivity index (χ1) is 17.2. The maximum absolute atomic E-state index is 13.4. The van der Waals surface area contributed by atoms with Crippen molar-refractivity contribution < 1.29 is 27.3 Å². The maximum atomic E-state index is 13.4. The predicted octanol–water partition coefficient (Wildman–Crippen LogP) is 3.64. The third-order valence-corrected chi connectivity index (χ3v) is 12.7. The lowest BCUT2D eigenvalue weighted by Gasteiger charge is -2.36. The van der Waals surface area contributed by atoms with Crippen LogP contribution in [-0.4, -0.2) is 60.0 Å². The van der Waals surface area contributed by atoms with Crippen molar-refractivity contribution in [2.75, 3.05) is 26.8 Å². The highest BCUT2D eigenvalue weighted by Gasteiger charge is 2.45. The van der Waals surface area contributed by atoms with Crippen molar-refractivity contribution in [3.63, 3.8) is 0 Å². The molecule has 10 nitrogen and oxygen atoms in total. The number of nitrogens with one attached hydrogen (secondary N) is 2. The summed E-state index contributed by atoms with van der Waals surface area (Å²) in [6.45, 7) is 11.2. The molecule has 2 rings (SSSR count). The Balaban J connectivity index is 2.39. The Bertz CT molecular complexity index is 1180. The lowest BCUT2D eigenvalue weighted by atomic mass is 9.91. The van der Waals surface area contributed by atoms with Crippen LogP contribution in [0.3, 0.4) is 0 Å². The molecule has 2 N–H and O–H groups in total. The van der Waals surface area contributed by atoms with Crippen molar-refractivity contribution in [2.24, 2.45) is 0 Å². The number of hydrogen-bond donors (Lipinski definition) is 2. The van der Waals surface area contributed by atoms with Gasteiger partial charge in [-0.2, -0.15) is 4.72 Å². The van der Waals surface area contributed by atoms with Gasteiger partial charge < -0.3 is 14.5 Å². The fourth-order valence-corrected chi connectivity index (χ4v) is 6.08. The number of benzene rings is 2. The van der Waals surface area contributed by atoms with Crippen molar-refractivity contribution >= 4 is 30.0 Å². The second kappa shape index (κ2) is 12.3. The van der Waals surface area contributed by atoms with Crippen molar-refractivity contribution in [2.45, 2.75) is 55.8 Å². The molecule has 37 heavy (non-hydrogen) atoms. The summed E-state index contributed by atoms with van der Waals surface area (Å²) in [5.74, 6) is -0.823. The summed E-state index contributed by atoms with van der Waals surface area (Å²) in [6.07, 6.45) is -0.0452. The molecule has 1 unspecified atom stereocenters. The van der Waals surface area contributed by atoms with Crippen LogP contribution >= 0.6 is 0 Å². The van der Waals surface area contributed by atoms with Crippen LogP contribution in [0, 0.1) is 10.1 Å². The topological polar surface area (TPSA) is 137 Å². The molecule has 0 amide bonds. The zero-order valence-electron chi connectivity index (χ0n) is 22.2. The molecule has 0 spiro atoms. The molecule has 0 aliphatic carbocycles. The summed E-state index contributed by atoms with van der Waals surface area (Å²) in [4.78, 5) is 23.4. The van der Waals surface area contributed by atoms with Gasteiger partial charge in [0.25, 0.3) is 5.69 Å². The standard InChI is InChI=1S/C25H37N3O7SSi/c1-24(2,3)37(5,6)35-17-16-26-19-25(23(29)34-4,18-20-12-8-7-9-13-20)27-36(32,33)22-15-11-10-14-21(22)28(30)31/h7-15,26-27H,16-19H2,1-6H3. The Labute approximate surface area is 220 Å². The molecule has 0 saturated carbocycles. The van der Waals surface area contributed by atoms with Gasteiger partial charge in [-0.05, 0) is 29.8 Å². The van der Waals surface area contributed by atoms with Crippen LogP contribution in [0.2, 0.25) is 18.1 Å². The molecule has 0 heterocycles. The van der Waals surface area contributed by atoms with Crippen LogP contribution in [0.4, 0.5) is 5.69 Å². The number of esters is 1. The highest BCUT2D eigenvalue weighted by molar-refractivity contribution is 7.89. The van der Waals surface area contributed by atoms with E-state index >= 15 is 0 Å². The van der Waals surface area contributed by atoms with E-state index in [9.17, 15) is 23.3 Å². The number of rotatable bonds is 13.